The number of benzene rings is 2. The molecule has 0 aliphatic rings. The lowest BCUT2D eigenvalue weighted by atomic mass is 10.2. The molecule has 5 nitrogen and oxygen atoms in total. The molecule has 1 N–H and O–H groups in total. The van der Waals surface area contributed by atoms with Gasteiger partial charge in [0.05, 0.1) is 7.11 Å². The number of carbonyl (C=O) groups is 2. The van der Waals surface area contributed by atoms with Crippen molar-refractivity contribution in [2.45, 2.75) is 13.5 Å². The predicted octanol–water partition coefficient (Wildman–Crippen LogP) is 2.50. The van der Waals surface area contributed by atoms with Gasteiger partial charge in [0, 0.05) is 24.7 Å². The summed E-state index contributed by atoms with van der Waals surface area (Å²) in [5.74, 6) is -0.479. The molecule has 2 rings (SSSR count). The zero-order valence-electron chi connectivity index (χ0n) is 13.6. The molecular weight excluding hydrogens is 311 g/mol. The van der Waals surface area contributed by atoms with E-state index in [1.807, 2.05) is 18.2 Å². The van der Waals surface area contributed by atoms with Gasteiger partial charge >= 0.3 is 0 Å². The van der Waals surface area contributed by atoms with Crippen LogP contribution in [0, 0.1) is 5.82 Å². The summed E-state index contributed by atoms with van der Waals surface area (Å²) in [7, 11) is 1.56. The summed E-state index contributed by atoms with van der Waals surface area (Å²) in [6.45, 7) is 1.42. The summed E-state index contributed by atoms with van der Waals surface area (Å²) in [5.41, 5.74) is 1.17. The van der Waals surface area contributed by atoms with Crippen LogP contribution in [0.5, 0.6) is 5.75 Å². The Morgan fingerprint density at radius 2 is 1.92 bits per heavy atom. The van der Waals surface area contributed by atoms with Crippen LogP contribution in [0.1, 0.15) is 12.5 Å². The Bertz CT molecular complexity index is 734. The van der Waals surface area contributed by atoms with Crippen molar-refractivity contribution in [3.63, 3.8) is 0 Å². The first-order valence-corrected chi connectivity index (χ1v) is 7.43. The maximum atomic E-state index is 13.3. The van der Waals surface area contributed by atoms with E-state index in [1.54, 1.807) is 19.2 Å². The molecule has 2 aromatic carbocycles. The average Bonchev–Trinajstić information content (AvgIpc) is 2.57. The highest BCUT2D eigenvalue weighted by atomic mass is 19.1. The third-order valence-electron chi connectivity index (χ3n) is 3.47. The summed E-state index contributed by atoms with van der Waals surface area (Å²) < 4.78 is 18.6. The maximum Gasteiger partial charge on any atom is 0.240 e. The number of ether oxygens (including phenoxy) is 1. The second-order valence-electron chi connectivity index (χ2n) is 5.17. The molecule has 0 bridgehead atoms. The largest absolute Gasteiger partial charge is 0.496 e. The second-order valence-corrected chi connectivity index (χ2v) is 5.17. The SMILES string of the molecule is COc1ccccc1CNC(=O)CN(C(C)=O)c1cccc(F)c1. The average molecular weight is 330 g/mol. The molecule has 0 saturated heterocycles. The maximum absolute atomic E-state index is 13.3. The van der Waals surface area contributed by atoms with E-state index in [0.717, 1.165) is 5.56 Å². The van der Waals surface area contributed by atoms with E-state index in [-0.39, 0.29) is 24.9 Å². The van der Waals surface area contributed by atoms with Crippen molar-refractivity contribution in [2.75, 3.05) is 18.6 Å². The minimum atomic E-state index is -0.465. The third kappa shape index (κ3) is 4.55. The second kappa shape index (κ2) is 8.10. The topological polar surface area (TPSA) is 58.6 Å². The zero-order chi connectivity index (χ0) is 17.5. The molecule has 0 atom stereocenters. The highest BCUT2D eigenvalue weighted by Gasteiger charge is 2.16. The monoisotopic (exact) mass is 330 g/mol. The van der Waals surface area contributed by atoms with E-state index in [1.165, 1.54) is 30.0 Å². The van der Waals surface area contributed by atoms with E-state index in [2.05, 4.69) is 5.32 Å². The van der Waals surface area contributed by atoms with Crippen LogP contribution in [0.15, 0.2) is 48.5 Å². The molecule has 0 fully saturated rings. The van der Waals surface area contributed by atoms with Crippen LogP contribution in [0.4, 0.5) is 10.1 Å². The Balaban J connectivity index is 2.02. The fourth-order valence-electron chi connectivity index (χ4n) is 2.27. The molecule has 0 aliphatic carbocycles. The summed E-state index contributed by atoms with van der Waals surface area (Å²) >= 11 is 0. The highest BCUT2D eigenvalue weighted by molar-refractivity contribution is 5.97. The molecule has 24 heavy (non-hydrogen) atoms. The van der Waals surface area contributed by atoms with Crippen LogP contribution < -0.4 is 15.0 Å². The number of nitrogens with zero attached hydrogens (tertiary/aromatic N) is 1. The minimum absolute atomic E-state index is 0.187. The first-order chi connectivity index (χ1) is 11.5. The highest BCUT2D eigenvalue weighted by Crippen LogP contribution is 2.17. The molecule has 6 heteroatoms. The number of hydrogen-bond acceptors (Lipinski definition) is 3. The van der Waals surface area contributed by atoms with Crippen LogP contribution in [-0.2, 0) is 16.1 Å². The van der Waals surface area contributed by atoms with E-state index < -0.39 is 5.82 Å². The first-order valence-electron chi connectivity index (χ1n) is 7.43. The van der Waals surface area contributed by atoms with Gasteiger partial charge in [0.25, 0.3) is 0 Å². The van der Waals surface area contributed by atoms with E-state index in [9.17, 15) is 14.0 Å². The van der Waals surface area contributed by atoms with Gasteiger partial charge in [0.2, 0.25) is 11.8 Å². The van der Waals surface area contributed by atoms with Gasteiger partial charge in [-0.2, -0.15) is 0 Å². The number of para-hydroxylation sites is 1. The van der Waals surface area contributed by atoms with Gasteiger partial charge < -0.3 is 15.0 Å². The number of halogens is 1. The molecule has 0 heterocycles. The fraction of sp³-hybridized carbons (Fsp3) is 0.222. The standard InChI is InChI=1S/C18H19FN2O3/c1-13(22)21(16-8-5-7-15(19)10-16)12-18(23)20-11-14-6-3-4-9-17(14)24-2/h3-10H,11-12H2,1-2H3,(H,20,23). The molecular formula is C18H19FN2O3. The van der Waals surface area contributed by atoms with Crippen molar-refractivity contribution in [2.24, 2.45) is 0 Å². The molecule has 0 spiro atoms. The smallest absolute Gasteiger partial charge is 0.240 e. The number of carbonyl (C=O) groups excluding carboxylic acids is 2. The summed E-state index contributed by atoms with van der Waals surface area (Å²) in [4.78, 5) is 25.1. The molecule has 2 aromatic rings. The van der Waals surface area contributed by atoms with E-state index in [0.29, 0.717) is 11.4 Å². The number of rotatable bonds is 6. The van der Waals surface area contributed by atoms with Crippen molar-refractivity contribution in [3.05, 3.63) is 59.9 Å². The van der Waals surface area contributed by atoms with Crippen LogP contribution in [0.3, 0.4) is 0 Å². The number of nitrogens with one attached hydrogen (secondary N) is 1. The fourth-order valence-corrected chi connectivity index (χ4v) is 2.27. The molecule has 2 amide bonds. The van der Waals surface area contributed by atoms with Crippen LogP contribution in [-0.4, -0.2) is 25.5 Å². The lowest BCUT2D eigenvalue weighted by molar-refractivity contribution is -0.123. The van der Waals surface area contributed by atoms with Gasteiger partial charge in [0.1, 0.15) is 18.1 Å². The third-order valence-corrected chi connectivity index (χ3v) is 3.47. The van der Waals surface area contributed by atoms with Gasteiger partial charge in [-0.3, -0.25) is 9.59 Å². The Morgan fingerprint density at radius 3 is 2.58 bits per heavy atom. The van der Waals surface area contributed by atoms with Crippen molar-refractivity contribution in [1.82, 2.24) is 5.32 Å². The van der Waals surface area contributed by atoms with Gasteiger partial charge in [-0.15, -0.1) is 0 Å². The number of amides is 2. The van der Waals surface area contributed by atoms with Crippen molar-refractivity contribution in [1.29, 1.82) is 0 Å². The predicted molar refractivity (Wildman–Crippen MR) is 89.3 cm³/mol. The molecule has 0 aliphatic heterocycles. The number of anilines is 1. The number of methoxy groups -OCH3 is 1. The summed E-state index contributed by atoms with van der Waals surface area (Å²) in [6.07, 6.45) is 0. The van der Waals surface area contributed by atoms with Gasteiger partial charge in [-0.25, -0.2) is 4.39 Å². The molecule has 0 unspecified atom stereocenters. The quantitative estimate of drug-likeness (QED) is 0.885. The summed E-state index contributed by atoms with van der Waals surface area (Å²) in [5, 5.41) is 2.74. The van der Waals surface area contributed by atoms with Crippen molar-refractivity contribution >= 4 is 17.5 Å². The molecule has 0 radical (unpaired) electrons. The van der Waals surface area contributed by atoms with Crippen LogP contribution in [0.25, 0.3) is 0 Å². The van der Waals surface area contributed by atoms with Crippen molar-refractivity contribution < 1.29 is 18.7 Å². The lowest BCUT2D eigenvalue weighted by Crippen LogP contribution is -2.39. The Morgan fingerprint density at radius 1 is 1.17 bits per heavy atom. The molecule has 126 valence electrons. The van der Waals surface area contributed by atoms with Crippen LogP contribution >= 0.6 is 0 Å². The Kier molecular flexibility index (Phi) is 5.89. The normalized spacial score (nSPS) is 10.1. The van der Waals surface area contributed by atoms with Gasteiger partial charge in [-0.1, -0.05) is 24.3 Å². The molecule has 0 aromatic heterocycles. The summed E-state index contributed by atoms with van der Waals surface area (Å²) in [6, 6.07) is 12.9. The number of hydrogen-bond donors (Lipinski definition) is 1. The van der Waals surface area contributed by atoms with Crippen LogP contribution in [0.2, 0.25) is 0 Å². The zero-order valence-corrected chi connectivity index (χ0v) is 13.6. The lowest BCUT2D eigenvalue weighted by Gasteiger charge is -2.21. The van der Waals surface area contributed by atoms with E-state index in [4.69, 9.17) is 4.74 Å². The van der Waals surface area contributed by atoms with Gasteiger partial charge in [-0.05, 0) is 24.3 Å². The van der Waals surface area contributed by atoms with Gasteiger partial charge in [0.15, 0.2) is 0 Å². The minimum Gasteiger partial charge on any atom is -0.496 e. The molecule has 0 saturated carbocycles. The Hall–Kier alpha value is -2.89. The van der Waals surface area contributed by atoms with Crippen molar-refractivity contribution in [3.8, 4) is 5.75 Å². The Labute approximate surface area is 140 Å². The van der Waals surface area contributed by atoms with E-state index >= 15 is 0 Å². The first kappa shape index (κ1) is 17.5.